The molecule has 0 saturated carbocycles. The number of rotatable bonds is 4. The quantitative estimate of drug-likeness (QED) is 0.793. The smallest absolute Gasteiger partial charge is 0.227 e. The Hall–Kier alpha value is -0.330. The Morgan fingerprint density at radius 2 is 1.84 bits per heavy atom. The first-order valence-electron chi connectivity index (χ1n) is 6.51. The van der Waals surface area contributed by atoms with Crippen LogP contribution in [0, 0.1) is 5.41 Å². The average Bonchev–Trinajstić information content (AvgIpc) is 2.27. The number of carbonyl (C=O) groups excluding carboxylic acids is 1. The Kier molecular flexibility index (Phi) is 5.65. The number of sulfonamides is 1. The Labute approximate surface area is 120 Å². The molecule has 1 N–H and O–H groups in total. The van der Waals surface area contributed by atoms with E-state index in [2.05, 4.69) is 4.72 Å². The Morgan fingerprint density at radius 1 is 1.32 bits per heavy atom. The zero-order chi connectivity index (χ0) is 14.7. The topological polar surface area (TPSA) is 66.5 Å². The molecule has 0 spiro atoms. The molecule has 19 heavy (non-hydrogen) atoms. The summed E-state index contributed by atoms with van der Waals surface area (Å²) in [6, 6.07) is -0.0859. The minimum absolute atomic E-state index is 0.0598. The van der Waals surface area contributed by atoms with Crippen molar-refractivity contribution in [3.63, 3.8) is 0 Å². The van der Waals surface area contributed by atoms with Gasteiger partial charge in [-0.05, 0) is 12.8 Å². The number of alkyl halides is 1. The van der Waals surface area contributed by atoms with Gasteiger partial charge >= 0.3 is 0 Å². The standard InChI is InChI=1S/C12H23ClN2O3S/c1-12(2,3)11(16)15-7-4-10(5-8-15)14-19(17,18)9-6-13/h10,14H,4-9H2,1-3H3. The van der Waals surface area contributed by atoms with E-state index in [0.29, 0.717) is 25.9 Å². The van der Waals surface area contributed by atoms with Gasteiger partial charge in [0.1, 0.15) is 0 Å². The van der Waals surface area contributed by atoms with Gasteiger partial charge in [0, 0.05) is 30.4 Å². The summed E-state index contributed by atoms with van der Waals surface area (Å²) in [4.78, 5) is 13.9. The molecule has 1 saturated heterocycles. The SMILES string of the molecule is CC(C)(C)C(=O)N1CCC(NS(=O)(=O)CCCl)CC1. The fourth-order valence-electron chi connectivity index (χ4n) is 2.09. The van der Waals surface area contributed by atoms with Crippen molar-refractivity contribution in [1.29, 1.82) is 0 Å². The monoisotopic (exact) mass is 310 g/mol. The maximum absolute atomic E-state index is 12.1. The lowest BCUT2D eigenvalue weighted by atomic mass is 9.93. The van der Waals surface area contributed by atoms with Crippen molar-refractivity contribution >= 4 is 27.5 Å². The summed E-state index contributed by atoms with van der Waals surface area (Å²) in [5, 5.41) is 0. The van der Waals surface area contributed by atoms with Gasteiger partial charge in [0.2, 0.25) is 15.9 Å². The molecular formula is C12H23ClN2O3S. The largest absolute Gasteiger partial charge is 0.342 e. The molecule has 0 aromatic heterocycles. The minimum atomic E-state index is -3.28. The molecule has 0 atom stereocenters. The molecule has 0 aliphatic carbocycles. The van der Waals surface area contributed by atoms with Gasteiger partial charge in [-0.3, -0.25) is 4.79 Å². The number of amides is 1. The molecule has 1 fully saturated rings. The molecule has 5 nitrogen and oxygen atoms in total. The number of hydrogen-bond donors (Lipinski definition) is 1. The van der Waals surface area contributed by atoms with E-state index in [4.69, 9.17) is 11.6 Å². The van der Waals surface area contributed by atoms with Crippen molar-refractivity contribution in [1.82, 2.24) is 9.62 Å². The number of nitrogens with one attached hydrogen (secondary N) is 1. The third-order valence-electron chi connectivity index (χ3n) is 3.12. The molecule has 0 aromatic rings. The minimum Gasteiger partial charge on any atom is -0.342 e. The predicted octanol–water partition coefficient (Wildman–Crippen LogP) is 1.18. The van der Waals surface area contributed by atoms with E-state index in [-0.39, 0.29) is 29.0 Å². The van der Waals surface area contributed by atoms with Crippen LogP contribution in [0.5, 0.6) is 0 Å². The third kappa shape index (κ3) is 5.28. The zero-order valence-electron chi connectivity index (χ0n) is 11.8. The van der Waals surface area contributed by atoms with E-state index in [9.17, 15) is 13.2 Å². The van der Waals surface area contributed by atoms with Crippen LogP contribution in [0.2, 0.25) is 0 Å². The molecule has 1 aliphatic rings. The van der Waals surface area contributed by atoms with Crippen molar-refractivity contribution in [2.45, 2.75) is 39.7 Å². The molecule has 1 aliphatic heterocycles. The maximum Gasteiger partial charge on any atom is 0.227 e. The van der Waals surface area contributed by atoms with Crippen molar-refractivity contribution in [2.24, 2.45) is 5.41 Å². The van der Waals surface area contributed by atoms with Crippen LogP contribution in [0.1, 0.15) is 33.6 Å². The molecule has 0 aromatic carbocycles. The number of likely N-dealkylation sites (tertiary alicyclic amines) is 1. The second kappa shape index (κ2) is 6.41. The molecular weight excluding hydrogens is 288 g/mol. The van der Waals surface area contributed by atoms with Gasteiger partial charge in [0.25, 0.3) is 0 Å². The summed E-state index contributed by atoms with van der Waals surface area (Å²) in [5.74, 6) is 0.154. The van der Waals surface area contributed by atoms with Gasteiger partial charge in [-0.15, -0.1) is 11.6 Å². The predicted molar refractivity (Wildman–Crippen MR) is 76.7 cm³/mol. The van der Waals surface area contributed by atoms with Gasteiger partial charge in [-0.25, -0.2) is 13.1 Å². The molecule has 7 heteroatoms. The first-order valence-corrected chi connectivity index (χ1v) is 8.70. The first kappa shape index (κ1) is 16.7. The molecule has 0 bridgehead atoms. The second-order valence-corrected chi connectivity index (χ2v) is 8.19. The number of piperidine rings is 1. The zero-order valence-corrected chi connectivity index (χ0v) is 13.4. The van der Waals surface area contributed by atoms with E-state index >= 15 is 0 Å². The highest BCUT2D eigenvalue weighted by Crippen LogP contribution is 2.21. The van der Waals surface area contributed by atoms with E-state index in [0.717, 1.165) is 0 Å². The fraction of sp³-hybridized carbons (Fsp3) is 0.917. The van der Waals surface area contributed by atoms with Gasteiger partial charge in [-0.1, -0.05) is 20.8 Å². The number of carbonyl (C=O) groups is 1. The van der Waals surface area contributed by atoms with Gasteiger partial charge in [-0.2, -0.15) is 0 Å². The van der Waals surface area contributed by atoms with Crippen LogP contribution in [0.3, 0.4) is 0 Å². The number of hydrogen-bond acceptors (Lipinski definition) is 3. The van der Waals surface area contributed by atoms with Crippen molar-refractivity contribution in [2.75, 3.05) is 24.7 Å². The second-order valence-electron chi connectivity index (χ2n) is 5.94. The first-order chi connectivity index (χ1) is 8.65. The van der Waals surface area contributed by atoms with Crippen LogP contribution in [0.4, 0.5) is 0 Å². The number of nitrogens with zero attached hydrogens (tertiary/aromatic N) is 1. The van der Waals surface area contributed by atoms with Crippen LogP contribution in [-0.4, -0.2) is 50.0 Å². The van der Waals surface area contributed by atoms with E-state index in [1.807, 2.05) is 25.7 Å². The molecule has 1 heterocycles. The maximum atomic E-state index is 12.1. The van der Waals surface area contributed by atoms with Crippen LogP contribution in [-0.2, 0) is 14.8 Å². The van der Waals surface area contributed by atoms with Crippen LogP contribution in [0.25, 0.3) is 0 Å². The van der Waals surface area contributed by atoms with Gasteiger partial charge in [0.05, 0.1) is 5.75 Å². The van der Waals surface area contributed by atoms with Gasteiger partial charge in [0.15, 0.2) is 0 Å². The highest BCUT2D eigenvalue weighted by atomic mass is 35.5. The molecule has 1 amide bonds. The van der Waals surface area contributed by atoms with Crippen LogP contribution < -0.4 is 4.72 Å². The highest BCUT2D eigenvalue weighted by Gasteiger charge is 2.31. The summed E-state index contributed by atoms with van der Waals surface area (Å²) >= 11 is 5.45. The van der Waals surface area contributed by atoms with E-state index in [1.165, 1.54) is 0 Å². The number of halogens is 1. The van der Waals surface area contributed by atoms with Gasteiger partial charge < -0.3 is 4.90 Å². The average molecular weight is 311 g/mol. The van der Waals surface area contributed by atoms with Crippen molar-refractivity contribution in [3.8, 4) is 0 Å². The van der Waals surface area contributed by atoms with E-state index in [1.54, 1.807) is 0 Å². The van der Waals surface area contributed by atoms with Crippen LogP contribution in [0.15, 0.2) is 0 Å². The lowest BCUT2D eigenvalue weighted by Crippen LogP contribution is -2.49. The summed E-state index contributed by atoms with van der Waals surface area (Å²) in [6.07, 6.45) is 1.31. The summed E-state index contributed by atoms with van der Waals surface area (Å²) in [5.41, 5.74) is -0.384. The van der Waals surface area contributed by atoms with Crippen molar-refractivity contribution in [3.05, 3.63) is 0 Å². The Morgan fingerprint density at radius 3 is 2.26 bits per heavy atom. The Balaban J connectivity index is 2.48. The summed E-state index contributed by atoms with van der Waals surface area (Å²) < 4.78 is 25.8. The highest BCUT2D eigenvalue weighted by molar-refractivity contribution is 7.89. The van der Waals surface area contributed by atoms with E-state index < -0.39 is 10.0 Å². The molecule has 112 valence electrons. The summed E-state index contributed by atoms with van der Waals surface area (Å²) in [6.45, 7) is 6.88. The van der Waals surface area contributed by atoms with Crippen LogP contribution >= 0.6 is 11.6 Å². The third-order valence-corrected chi connectivity index (χ3v) is 4.96. The summed E-state index contributed by atoms with van der Waals surface area (Å²) in [7, 11) is -3.28. The Bertz CT molecular complexity index is 409. The lowest BCUT2D eigenvalue weighted by molar-refractivity contribution is -0.140. The normalized spacial score (nSPS) is 18.6. The fourth-order valence-corrected chi connectivity index (χ4v) is 3.76. The lowest BCUT2D eigenvalue weighted by Gasteiger charge is -2.35. The molecule has 1 rings (SSSR count). The molecule has 0 radical (unpaired) electrons. The molecule has 0 unspecified atom stereocenters. The van der Waals surface area contributed by atoms with Crippen molar-refractivity contribution < 1.29 is 13.2 Å².